The fraction of sp³-hybridized carbons (Fsp3) is 0.545. The average molecular weight is 198 g/mol. The molecule has 0 radical (unpaired) electrons. The summed E-state index contributed by atoms with van der Waals surface area (Å²) in [6.07, 6.45) is 1.89. The van der Waals surface area contributed by atoms with Crippen LogP contribution < -0.4 is 0 Å². The van der Waals surface area contributed by atoms with Gasteiger partial charge in [-0.25, -0.2) is 0 Å². The fourth-order valence-electron chi connectivity index (χ4n) is 1.20. The Labute approximate surface area is 85.1 Å². The molecule has 1 heterocycles. The van der Waals surface area contributed by atoms with Gasteiger partial charge in [0.1, 0.15) is 0 Å². The molecule has 0 bridgehead atoms. The Bertz CT molecular complexity index is 292. The van der Waals surface area contributed by atoms with Gasteiger partial charge in [-0.05, 0) is 23.5 Å². The van der Waals surface area contributed by atoms with Crippen LogP contribution >= 0.6 is 11.6 Å². The first kappa shape index (κ1) is 10.5. The van der Waals surface area contributed by atoms with Gasteiger partial charge in [0.15, 0.2) is 0 Å². The summed E-state index contributed by atoms with van der Waals surface area (Å²) in [4.78, 5) is 4.38. The molecule has 0 unspecified atom stereocenters. The number of halogens is 1. The van der Waals surface area contributed by atoms with Crippen molar-refractivity contribution in [2.45, 2.75) is 39.5 Å². The number of hydrogen-bond donors (Lipinski definition) is 0. The molecule has 0 aromatic carbocycles. The number of pyridine rings is 1. The highest BCUT2D eigenvalue weighted by atomic mass is 35.5. The van der Waals surface area contributed by atoms with E-state index in [1.807, 2.05) is 12.3 Å². The highest BCUT2D eigenvalue weighted by Crippen LogP contribution is 2.25. The van der Waals surface area contributed by atoms with Crippen LogP contribution in [0, 0.1) is 0 Å². The lowest BCUT2D eigenvalue weighted by atomic mass is 10.0. The van der Waals surface area contributed by atoms with Gasteiger partial charge < -0.3 is 0 Å². The third-order valence-corrected chi connectivity index (χ3v) is 2.44. The van der Waals surface area contributed by atoms with Crippen LogP contribution in [0.2, 0.25) is 5.02 Å². The van der Waals surface area contributed by atoms with Gasteiger partial charge in [0.25, 0.3) is 0 Å². The minimum Gasteiger partial charge on any atom is -0.261 e. The van der Waals surface area contributed by atoms with E-state index < -0.39 is 0 Å². The topological polar surface area (TPSA) is 12.9 Å². The van der Waals surface area contributed by atoms with E-state index >= 15 is 0 Å². The Morgan fingerprint density at radius 3 is 2.15 bits per heavy atom. The Hall–Kier alpha value is -0.560. The summed E-state index contributed by atoms with van der Waals surface area (Å²) in [7, 11) is 0. The van der Waals surface area contributed by atoms with Crippen molar-refractivity contribution in [2.75, 3.05) is 0 Å². The van der Waals surface area contributed by atoms with Crippen LogP contribution in [0.25, 0.3) is 0 Å². The van der Waals surface area contributed by atoms with Crippen molar-refractivity contribution < 1.29 is 0 Å². The summed E-state index contributed by atoms with van der Waals surface area (Å²) in [6, 6.07) is 1.97. The Morgan fingerprint density at radius 1 is 1.15 bits per heavy atom. The van der Waals surface area contributed by atoms with Crippen molar-refractivity contribution in [3.63, 3.8) is 0 Å². The molecule has 0 atom stereocenters. The van der Waals surface area contributed by atoms with Crippen molar-refractivity contribution in [1.29, 1.82) is 0 Å². The molecule has 0 N–H and O–H groups in total. The van der Waals surface area contributed by atoms with Gasteiger partial charge in [-0.1, -0.05) is 39.3 Å². The van der Waals surface area contributed by atoms with E-state index in [9.17, 15) is 0 Å². The summed E-state index contributed by atoms with van der Waals surface area (Å²) in [5.74, 6) is 0.889. The Balaban J connectivity index is 3.06. The zero-order valence-corrected chi connectivity index (χ0v) is 9.39. The maximum atomic E-state index is 6.13. The highest BCUT2D eigenvalue weighted by molar-refractivity contribution is 6.31. The minimum absolute atomic E-state index is 0.443. The SMILES string of the molecule is CC(C)c1cc(Cl)c(C(C)C)cn1. The van der Waals surface area contributed by atoms with Crippen LogP contribution in [0.3, 0.4) is 0 Å². The molecule has 0 aliphatic rings. The maximum Gasteiger partial charge on any atom is 0.0474 e. The average Bonchev–Trinajstić information content (AvgIpc) is 2.03. The smallest absolute Gasteiger partial charge is 0.0474 e. The molecule has 0 aliphatic heterocycles. The lowest BCUT2D eigenvalue weighted by molar-refractivity contribution is 0.803. The summed E-state index contributed by atoms with van der Waals surface area (Å²) < 4.78 is 0. The maximum absolute atomic E-state index is 6.13. The molecule has 2 heteroatoms. The molecule has 0 amide bonds. The van der Waals surface area contributed by atoms with Gasteiger partial charge in [-0.15, -0.1) is 0 Å². The summed E-state index contributed by atoms with van der Waals surface area (Å²) in [6.45, 7) is 8.48. The number of hydrogen-bond acceptors (Lipinski definition) is 1. The number of nitrogens with zero attached hydrogens (tertiary/aromatic N) is 1. The van der Waals surface area contributed by atoms with Crippen LogP contribution in [-0.2, 0) is 0 Å². The van der Waals surface area contributed by atoms with Crippen LogP contribution in [0.4, 0.5) is 0 Å². The van der Waals surface area contributed by atoms with Crippen molar-refractivity contribution in [3.8, 4) is 0 Å². The number of rotatable bonds is 2. The van der Waals surface area contributed by atoms with Gasteiger partial charge in [0, 0.05) is 16.9 Å². The summed E-state index contributed by atoms with van der Waals surface area (Å²) >= 11 is 6.13. The van der Waals surface area contributed by atoms with Crippen LogP contribution in [0.5, 0.6) is 0 Å². The lowest BCUT2D eigenvalue weighted by Gasteiger charge is -2.10. The molecule has 13 heavy (non-hydrogen) atoms. The van der Waals surface area contributed by atoms with E-state index in [2.05, 4.69) is 32.7 Å². The largest absolute Gasteiger partial charge is 0.261 e. The molecule has 0 fully saturated rings. The van der Waals surface area contributed by atoms with Gasteiger partial charge in [0.05, 0.1) is 0 Å². The second-order valence-electron chi connectivity index (χ2n) is 3.94. The molecular weight excluding hydrogens is 182 g/mol. The third kappa shape index (κ3) is 2.44. The molecule has 0 spiro atoms. The van der Waals surface area contributed by atoms with Crippen LogP contribution in [0.1, 0.15) is 50.8 Å². The van der Waals surface area contributed by atoms with E-state index in [1.165, 1.54) is 0 Å². The van der Waals surface area contributed by atoms with E-state index in [0.29, 0.717) is 11.8 Å². The zero-order valence-electron chi connectivity index (χ0n) is 8.63. The van der Waals surface area contributed by atoms with Crippen molar-refractivity contribution >= 4 is 11.6 Å². The van der Waals surface area contributed by atoms with Crippen molar-refractivity contribution in [2.24, 2.45) is 0 Å². The quantitative estimate of drug-likeness (QED) is 0.699. The normalized spacial score (nSPS) is 11.3. The van der Waals surface area contributed by atoms with E-state index in [0.717, 1.165) is 16.3 Å². The van der Waals surface area contributed by atoms with Gasteiger partial charge in [0.2, 0.25) is 0 Å². The molecule has 0 saturated carbocycles. The minimum atomic E-state index is 0.443. The second-order valence-corrected chi connectivity index (χ2v) is 4.35. The monoisotopic (exact) mass is 197 g/mol. The highest BCUT2D eigenvalue weighted by Gasteiger charge is 2.08. The molecule has 0 aliphatic carbocycles. The first-order valence-corrected chi connectivity index (χ1v) is 5.05. The lowest BCUT2D eigenvalue weighted by Crippen LogP contribution is -1.96. The first-order chi connectivity index (χ1) is 6.02. The summed E-state index contributed by atoms with van der Waals surface area (Å²) in [5, 5.41) is 0.841. The molecular formula is C11H16ClN. The predicted molar refractivity (Wildman–Crippen MR) is 57.4 cm³/mol. The third-order valence-electron chi connectivity index (χ3n) is 2.12. The predicted octanol–water partition coefficient (Wildman–Crippen LogP) is 3.98. The van der Waals surface area contributed by atoms with Gasteiger partial charge >= 0.3 is 0 Å². The van der Waals surface area contributed by atoms with Gasteiger partial charge in [-0.3, -0.25) is 4.98 Å². The van der Waals surface area contributed by atoms with Crippen molar-refractivity contribution in [1.82, 2.24) is 4.98 Å². The number of aromatic nitrogens is 1. The fourth-order valence-corrected chi connectivity index (χ4v) is 1.58. The molecule has 1 aromatic heterocycles. The molecule has 1 nitrogen and oxygen atoms in total. The van der Waals surface area contributed by atoms with Gasteiger partial charge in [-0.2, -0.15) is 0 Å². The summed E-state index contributed by atoms with van der Waals surface area (Å²) in [5.41, 5.74) is 2.19. The standard InChI is InChI=1S/C11H16ClN/c1-7(2)9-6-13-11(8(3)4)5-10(9)12/h5-8H,1-4H3. The first-order valence-electron chi connectivity index (χ1n) is 4.67. The van der Waals surface area contributed by atoms with E-state index in [1.54, 1.807) is 0 Å². The van der Waals surface area contributed by atoms with E-state index in [4.69, 9.17) is 11.6 Å². The van der Waals surface area contributed by atoms with E-state index in [-0.39, 0.29) is 0 Å². The van der Waals surface area contributed by atoms with Crippen LogP contribution in [0.15, 0.2) is 12.3 Å². The Morgan fingerprint density at radius 2 is 1.77 bits per heavy atom. The Kier molecular flexibility index (Phi) is 3.32. The second kappa shape index (κ2) is 4.10. The zero-order chi connectivity index (χ0) is 10.0. The van der Waals surface area contributed by atoms with Crippen LogP contribution in [-0.4, -0.2) is 4.98 Å². The molecule has 1 aromatic rings. The molecule has 72 valence electrons. The molecule has 1 rings (SSSR count). The molecule has 0 saturated heterocycles. The van der Waals surface area contributed by atoms with Crippen molar-refractivity contribution in [3.05, 3.63) is 28.5 Å².